The highest BCUT2D eigenvalue weighted by atomic mass is 32.2. The molecule has 2 aromatic carbocycles. The molecule has 0 spiro atoms. The quantitative estimate of drug-likeness (QED) is 0.649. The predicted octanol–water partition coefficient (Wildman–Crippen LogP) is 5.11. The van der Waals surface area contributed by atoms with Crippen molar-refractivity contribution < 1.29 is 0 Å². The lowest BCUT2D eigenvalue weighted by molar-refractivity contribution is 1.14. The van der Waals surface area contributed by atoms with Gasteiger partial charge in [0.2, 0.25) is 0 Å². The molecule has 0 aromatic heterocycles. The van der Waals surface area contributed by atoms with Crippen LogP contribution in [0.2, 0.25) is 0 Å². The van der Waals surface area contributed by atoms with E-state index in [0.29, 0.717) is 0 Å². The Morgan fingerprint density at radius 1 is 0.944 bits per heavy atom. The van der Waals surface area contributed by atoms with Crippen LogP contribution in [0.25, 0.3) is 0 Å². The summed E-state index contributed by atoms with van der Waals surface area (Å²) < 4.78 is 0. The molecule has 0 saturated carbocycles. The van der Waals surface area contributed by atoms with Gasteiger partial charge in [0, 0.05) is 6.92 Å². The number of benzene rings is 2. The number of hydrogen-bond acceptors (Lipinski definition) is 1. The van der Waals surface area contributed by atoms with Crippen LogP contribution in [0.3, 0.4) is 0 Å². The molecule has 0 amide bonds. The zero-order valence-electron chi connectivity index (χ0n) is 10.5. The average molecular weight is 271 g/mol. The topological polar surface area (TPSA) is 0 Å². The van der Waals surface area contributed by atoms with Crippen LogP contribution in [-0.2, 0) is 10.9 Å². The van der Waals surface area contributed by atoms with Gasteiger partial charge in [0.15, 0.2) is 9.79 Å². The summed E-state index contributed by atoms with van der Waals surface area (Å²) in [7, 11) is 0.101. The lowest BCUT2D eigenvalue weighted by Crippen LogP contribution is -2.11. The van der Waals surface area contributed by atoms with Crippen molar-refractivity contribution in [3.63, 3.8) is 0 Å². The fourth-order valence-electron chi connectivity index (χ4n) is 2.11. The van der Waals surface area contributed by atoms with Crippen molar-refractivity contribution in [3.8, 4) is 0 Å². The van der Waals surface area contributed by atoms with E-state index in [1.165, 1.54) is 24.5 Å². The molecule has 0 N–H and O–H groups in total. The SMILES string of the molecule is CC=C(C)[S+]1c2ccccc2Sc2ccccc21. The van der Waals surface area contributed by atoms with E-state index in [1.807, 2.05) is 11.8 Å². The summed E-state index contributed by atoms with van der Waals surface area (Å²) in [6, 6.07) is 17.6. The third-order valence-electron chi connectivity index (χ3n) is 3.09. The van der Waals surface area contributed by atoms with Gasteiger partial charge >= 0.3 is 0 Å². The maximum atomic E-state index is 2.27. The van der Waals surface area contributed by atoms with Gasteiger partial charge in [0.25, 0.3) is 0 Å². The summed E-state index contributed by atoms with van der Waals surface area (Å²) in [5.74, 6) is 0. The highest BCUT2D eigenvalue weighted by molar-refractivity contribution is 8.05. The van der Waals surface area contributed by atoms with Crippen LogP contribution in [0.15, 0.2) is 79.1 Å². The van der Waals surface area contributed by atoms with E-state index < -0.39 is 0 Å². The van der Waals surface area contributed by atoms with E-state index in [1.54, 1.807) is 0 Å². The second-order valence-corrected chi connectivity index (χ2v) is 7.42. The van der Waals surface area contributed by atoms with Crippen molar-refractivity contribution in [2.24, 2.45) is 0 Å². The summed E-state index contributed by atoms with van der Waals surface area (Å²) in [6.45, 7) is 4.38. The summed E-state index contributed by atoms with van der Waals surface area (Å²) in [5.41, 5.74) is 0. The van der Waals surface area contributed by atoms with Gasteiger partial charge in [-0.05, 0) is 37.3 Å². The largest absolute Gasteiger partial charge is 0.180 e. The van der Waals surface area contributed by atoms with Gasteiger partial charge in [0.05, 0.1) is 20.7 Å². The molecule has 0 unspecified atom stereocenters. The first-order chi connectivity index (χ1) is 8.81. The third-order valence-corrected chi connectivity index (χ3v) is 6.97. The molecule has 2 aromatic rings. The first kappa shape index (κ1) is 11.9. The summed E-state index contributed by atoms with van der Waals surface area (Å²) in [5, 5.41) is 0. The van der Waals surface area contributed by atoms with Crippen LogP contribution in [0.5, 0.6) is 0 Å². The Kier molecular flexibility index (Phi) is 3.23. The average Bonchev–Trinajstić information content (AvgIpc) is 2.44. The van der Waals surface area contributed by atoms with Crippen molar-refractivity contribution >= 4 is 22.7 Å². The minimum absolute atomic E-state index is 0.101. The van der Waals surface area contributed by atoms with Gasteiger partial charge in [-0.15, -0.1) is 0 Å². The van der Waals surface area contributed by atoms with Crippen LogP contribution >= 0.6 is 11.8 Å². The zero-order chi connectivity index (χ0) is 12.5. The van der Waals surface area contributed by atoms with Gasteiger partial charge in [-0.1, -0.05) is 36.0 Å². The van der Waals surface area contributed by atoms with Crippen molar-refractivity contribution in [3.05, 3.63) is 59.5 Å². The molecule has 3 rings (SSSR count). The molecule has 90 valence electrons. The molecule has 1 aliphatic rings. The summed E-state index contributed by atoms with van der Waals surface area (Å²) >= 11 is 1.89. The fraction of sp³-hybridized carbons (Fsp3) is 0.125. The monoisotopic (exact) mass is 271 g/mol. The van der Waals surface area contributed by atoms with E-state index in [2.05, 4.69) is 68.5 Å². The second-order valence-electron chi connectivity index (χ2n) is 4.20. The number of rotatable bonds is 1. The van der Waals surface area contributed by atoms with E-state index >= 15 is 0 Å². The van der Waals surface area contributed by atoms with Crippen molar-refractivity contribution in [1.82, 2.24) is 0 Å². The van der Waals surface area contributed by atoms with Gasteiger partial charge in [0.1, 0.15) is 4.91 Å². The predicted molar refractivity (Wildman–Crippen MR) is 80.3 cm³/mol. The first-order valence-electron chi connectivity index (χ1n) is 6.04. The highest BCUT2D eigenvalue weighted by Crippen LogP contribution is 2.47. The van der Waals surface area contributed by atoms with Gasteiger partial charge < -0.3 is 0 Å². The summed E-state index contributed by atoms with van der Waals surface area (Å²) in [4.78, 5) is 7.20. The second kappa shape index (κ2) is 4.87. The minimum Gasteiger partial charge on any atom is -0.0795 e. The van der Waals surface area contributed by atoms with Crippen LogP contribution in [0, 0.1) is 0 Å². The number of fused-ring (bicyclic) bond motifs is 2. The molecular weight excluding hydrogens is 256 g/mol. The number of hydrogen-bond donors (Lipinski definition) is 0. The molecule has 0 aliphatic carbocycles. The van der Waals surface area contributed by atoms with Crippen LogP contribution in [-0.4, -0.2) is 0 Å². The van der Waals surface area contributed by atoms with Crippen LogP contribution in [0.4, 0.5) is 0 Å². The van der Waals surface area contributed by atoms with E-state index in [0.717, 1.165) is 0 Å². The molecule has 0 saturated heterocycles. The molecule has 0 radical (unpaired) electrons. The first-order valence-corrected chi connectivity index (χ1v) is 8.08. The lowest BCUT2D eigenvalue weighted by Gasteiger charge is -2.18. The van der Waals surface area contributed by atoms with Gasteiger partial charge in [-0.3, -0.25) is 0 Å². The lowest BCUT2D eigenvalue weighted by atomic mass is 10.3. The molecule has 0 bridgehead atoms. The molecule has 0 nitrogen and oxygen atoms in total. The molecule has 0 fully saturated rings. The molecule has 1 aliphatic heterocycles. The Balaban J connectivity index is 2.24. The Morgan fingerprint density at radius 3 is 1.94 bits per heavy atom. The number of allylic oxidation sites excluding steroid dienone is 2. The van der Waals surface area contributed by atoms with Crippen LogP contribution < -0.4 is 0 Å². The Morgan fingerprint density at radius 2 is 1.44 bits per heavy atom. The molecule has 1 heterocycles. The van der Waals surface area contributed by atoms with E-state index in [4.69, 9.17) is 0 Å². The van der Waals surface area contributed by atoms with Crippen molar-refractivity contribution in [2.75, 3.05) is 0 Å². The highest BCUT2D eigenvalue weighted by Gasteiger charge is 2.36. The maximum absolute atomic E-state index is 2.27. The van der Waals surface area contributed by atoms with Gasteiger partial charge in [-0.2, -0.15) is 0 Å². The maximum Gasteiger partial charge on any atom is 0.180 e. The molecule has 18 heavy (non-hydrogen) atoms. The third kappa shape index (κ3) is 1.90. The smallest absolute Gasteiger partial charge is 0.0795 e. The fourth-order valence-corrected chi connectivity index (χ4v) is 5.86. The minimum atomic E-state index is 0.101. The molecule has 2 heteroatoms. The summed E-state index contributed by atoms with van der Waals surface area (Å²) in [6.07, 6.45) is 2.24. The van der Waals surface area contributed by atoms with Gasteiger partial charge in [-0.25, -0.2) is 0 Å². The standard InChI is InChI=1S/C16H15S2/c1-3-12(2)18-15-10-6-4-8-13(15)17-14-9-5-7-11-16(14)18/h3-11H,1-2H3/q+1. The molecule has 0 atom stereocenters. The van der Waals surface area contributed by atoms with E-state index in [9.17, 15) is 0 Å². The van der Waals surface area contributed by atoms with E-state index in [-0.39, 0.29) is 10.9 Å². The normalized spacial score (nSPS) is 15.1. The zero-order valence-corrected chi connectivity index (χ0v) is 12.1. The van der Waals surface area contributed by atoms with Crippen molar-refractivity contribution in [2.45, 2.75) is 33.4 Å². The Labute approximate surface area is 115 Å². The molecular formula is C16H15S2+. The Bertz CT molecular complexity index is 568. The Hall–Kier alpha value is -1.12. The van der Waals surface area contributed by atoms with Crippen LogP contribution in [0.1, 0.15) is 13.8 Å². The van der Waals surface area contributed by atoms with Crippen molar-refractivity contribution in [1.29, 1.82) is 0 Å².